The van der Waals surface area contributed by atoms with E-state index in [4.69, 9.17) is 0 Å². The van der Waals surface area contributed by atoms with E-state index in [1.54, 1.807) is 12.1 Å². The van der Waals surface area contributed by atoms with Gasteiger partial charge in [-0.05, 0) is 55.3 Å². The molecule has 1 aromatic carbocycles. The summed E-state index contributed by atoms with van der Waals surface area (Å²) >= 11 is 0.726. The number of esters is 1. The maximum Gasteiger partial charge on any atom is 0.328 e. The second-order valence-electron chi connectivity index (χ2n) is 6.16. The number of carbonyl (C=O) groups is 3. The van der Waals surface area contributed by atoms with Crippen LogP contribution < -0.4 is 4.90 Å². The summed E-state index contributed by atoms with van der Waals surface area (Å²) in [4.78, 5) is 39.1. The Balaban J connectivity index is 1.82. The van der Waals surface area contributed by atoms with Crippen LogP contribution in [0.3, 0.4) is 0 Å². The molecule has 2 saturated heterocycles. The summed E-state index contributed by atoms with van der Waals surface area (Å²) in [5.74, 6) is -1.61. The first-order valence-corrected chi connectivity index (χ1v) is 9.13. The van der Waals surface area contributed by atoms with Crippen LogP contribution in [-0.2, 0) is 14.3 Å². The van der Waals surface area contributed by atoms with Gasteiger partial charge in [-0.1, -0.05) is 6.07 Å². The van der Waals surface area contributed by atoms with E-state index in [0.29, 0.717) is 11.3 Å². The summed E-state index contributed by atoms with van der Waals surface area (Å²) in [6, 6.07) is 3.75. The molecular weight excluding hydrogens is 359 g/mol. The molecule has 3 rings (SSSR count). The van der Waals surface area contributed by atoms with Gasteiger partial charge in [0, 0.05) is 13.1 Å². The number of carbonyl (C=O) groups excluding carboxylic acids is 3. The third-order valence-electron chi connectivity index (χ3n) is 4.47. The normalized spacial score (nSPS) is 20.2. The molecule has 138 valence electrons. The van der Waals surface area contributed by atoms with E-state index < -0.39 is 23.2 Å². The Labute approximate surface area is 155 Å². The monoisotopic (exact) mass is 378 g/mol. The number of anilines is 1. The topological polar surface area (TPSA) is 66.9 Å². The van der Waals surface area contributed by atoms with Gasteiger partial charge in [-0.3, -0.25) is 14.5 Å². The second kappa shape index (κ2) is 7.49. The minimum absolute atomic E-state index is 0.152. The molecule has 2 amide bonds. The lowest BCUT2D eigenvalue weighted by Gasteiger charge is -2.19. The molecule has 0 aliphatic carbocycles. The lowest BCUT2D eigenvalue weighted by atomic mass is 10.1. The quantitative estimate of drug-likeness (QED) is 0.593. The Bertz CT molecular complexity index is 789. The Morgan fingerprint density at radius 2 is 2.00 bits per heavy atom. The van der Waals surface area contributed by atoms with Crippen molar-refractivity contribution in [3.05, 3.63) is 34.5 Å². The van der Waals surface area contributed by atoms with Crippen molar-refractivity contribution >= 4 is 40.6 Å². The molecule has 0 saturated carbocycles. The Hall–Kier alpha value is -2.35. The van der Waals surface area contributed by atoms with E-state index in [9.17, 15) is 18.8 Å². The smallest absolute Gasteiger partial charge is 0.328 e. The average Bonchev–Trinajstić information content (AvgIpc) is 3.23. The number of nitrogens with zero attached hydrogens (tertiary/aromatic N) is 2. The van der Waals surface area contributed by atoms with Gasteiger partial charge >= 0.3 is 5.97 Å². The molecule has 8 heteroatoms. The fraction of sp³-hybridized carbons (Fsp3) is 0.389. The highest BCUT2D eigenvalue weighted by Gasteiger charge is 2.41. The largest absolute Gasteiger partial charge is 0.467 e. The van der Waals surface area contributed by atoms with Crippen LogP contribution in [-0.4, -0.2) is 48.3 Å². The lowest BCUT2D eigenvalue weighted by molar-refractivity contribution is -0.148. The van der Waals surface area contributed by atoms with Crippen molar-refractivity contribution in [2.24, 2.45) is 0 Å². The van der Waals surface area contributed by atoms with Crippen molar-refractivity contribution in [3.8, 4) is 0 Å². The van der Waals surface area contributed by atoms with E-state index in [-0.39, 0.29) is 10.7 Å². The number of hydrogen-bond acceptors (Lipinski definition) is 6. The summed E-state index contributed by atoms with van der Waals surface area (Å²) in [5.41, 5.74) is 1.04. The fourth-order valence-electron chi connectivity index (χ4n) is 3.07. The molecule has 0 spiro atoms. The van der Waals surface area contributed by atoms with Crippen LogP contribution in [0.25, 0.3) is 6.08 Å². The Morgan fingerprint density at radius 3 is 2.62 bits per heavy atom. The molecule has 26 heavy (non-hydrogen) atoms. The molecule has 0 unspecified atom stereocenters. The van der Waals surface area contributed by atoms with Crippen molar-refractivity contribution in [3.63, 3.8) is 0 Å². The van der Waals surface area contributed by atoms with Crippen molar-refractivity contribution in [2.45, 2.75) is 25.8 Å². The Kier molecular flexibility index (Phi) is 5.31. The molecule has 2 heterocycles. The van der Waals surface area contributed by atoms with Crippen LogP contribution in [0.15, 0.2) is 23.1 Å². The van der Waals surface area contributed by atoms with Crippen LogP contribution in [0.4, 0.5) is 14.9 Å². The van der Waals surface area contributed by atoms with E-state index in [2.05, 4.69) is 4.74 Å². The van der Waals surface area contributed by atoms with Crippen molar-refractivity contribution < 1.29 is 23.5 Å². The van der Waals surface area contributed by atoms with Crippen molar-refractivity contribution in [1.82, 2.24) is 4.90 Å². The van der Waals surface area contributed by atoms with Crippen molar-refractivity contribution in [2.75, 3.05) is 25.1 Å². The minimum atomic E-state index is -1.01. The summed E-state index contributed by atoms with van der Waals surface area (Å²) in [6.45, 7) is 3.09. The van der Waals surface area contributed by atoms with Gasteiger partial charge in [0.25, 0.3) is 11.1 Å². The highest BCUT2D eigenvalue weighted by Crippen LogP contribution is 2.34. The molecular formula is C18H19FN2O4S. The summed E-state index contributed by atoms with van der Waals surface area (Å²) in [5, 5.41) is -0.548. The Morgan fingerprint density at radius 1 is 1.31 bits per heavy atom. The third kappa shape index (κ3) is 3.46. The zero-order chi connectivity index (χ0) is 18.8. The van der Waals surface area contributed by atoms with Gasteiger partial charge < -0.3 is 9.64 Å². The molecule has 0 aromatic heterocycles. The van der Waals surface area contributed by atoms with Gasteiger partial charge in [0.05, 0.1) is 17.7 Å². The van der Waals surface area contributed by atoms with E-state index >= 15 is 0 Å². The van der Waals surface area contributed by atoms with Gasteiger partial charge in [-0.15, -0.1) is 0 Å². The number of hydrogen-bond donors (Lipinski definition) is 0. The lowest BCUT2D eigenvalue weighted by Crippen LogP contribution is -2.42. The molecule has 1 atom stereocenters. The number of rotatable bonds is 4. The maximum atomic E-state index is 14.4. The SMILES string of the molecule is COC(=O)[C@@H](C)N1C(=O)S/C(=C/c2ccc(N3CCCC3)c(F)c2)C1=O. The first-order valence-electron chi connectivity index (χ1n) is 8.31. The van der Waals surface area contributed by atoms with Crippen LogP contribution in [0.1, 0.15) is 25.3 Å². The minimum Gasteiger partial charge on any atom is -0.467 e. The third-order valence-corrected chi connectivity index (χ3v) is 5.35. The first kappa shape index (κ1) is 18.4. The number of halogens is 1. The molecule has 6 nitrogen and oxygen atoms in total. The highest BCUT2D eigenvalue weighted by atomic mass is 32.2. The van der Waals surface area contributed by atoms with Crippen LogP contribution >= 0.6 is 11.8 Å². The molecule has 0 radical (unpaired) electrons. The summed E-state index contributed by atoms with van der Waals surface area (Å²) in [7, 11) is 1.19. The van der Waals surface area contributed by atoms with Crippen molar-refractivity contribution in [1.29, 1.82) is 0 Å². The van der Waals surface area contributed by atoms with Crippen LogP contribution in [0.2, 0.25) is 0 Å². The van der Waals surface area contributed by atoms with Gasteiger partial charge in [0.2, 0.25) is 0 Å². The molecule has 2 aliphatic rings. The zero-order valence-electron chi connectivity index (χ0n) is 14.5. The molecule has 2 aliphatic heterocycles. The van der Waals surface area contributed by atoms with Gasteiger partial charge in [0.1, 0.15) is 11.9 Å². The van der Waals surface area contributed by atoms with Gasteiger partial charge in [0.15, 0.2) is 0 Å². The van der Waals surface area contributed by atoms with E-state index in [1.807, 2.05) is 4.90 Å². The van der Waals surface area contributed by atoms with Gasteiger partial charge in [-0.25, -0.2) is 9.18 Å². The predicted molar refractivity (Wildman–Crippen MR) is 97.1 cm³/mol. The number of benzene rings is 1. The maximum absolute atomic E-state index is 14.4. The zero-order valence-corrected chi connectivity index (χ0v) is 15.3. The number of ether oxygens (including phenoxy) is 1. The van der Waals surface area contributed by atoms with E-state index in [0.717, 1.165) is 42.6 Å². The fourth-order valence-corrected chi connectivity index (χ4v) is 3.98. The van der Waals surface area contributed by atoms with Gasteiger partial charge in [-0.2, -0.15) is 0 Å². The highest BCUT2D eigenvalue weighted by molar-refractivity contribution is 8.18. The molecule has 1 aromatic rings. The van der Waals surface area contributed by atoms with Crippen LogP contribution in [0, 0.1) is 5.82 Å². The average molecular weight is 378 g/mol. The molecule has 2 fully saturated rings. The number of methoxy groups -OCH3 is 1. The molecule has 0 N–H and O–H groups in total. The molecule has 0 bridgehead atoms. The first-order chi connectivity index (χ1) is 12.4. The summed E-state index contributed by atoms with van der Waals surface area (Å²) < 4.78 is 19.0. The van der Waals surface area contributed by atoms with E-state index in [1.165, 1.54) is 26.2 Å². The second-order valence-corrected chi connectivity index (χ2v) is 7.15. The number of imide groups is 1. The number of thioether (sulfide) groups is 1. The number of amides is 2. The summed E-state index contributed by atoms with van der Waals surface area (Å²) in [6.07, 6.45) is 3.56. The standard InChI is InChI=1S/C18H19FN2O4S/c1-11(17(23)25-2)21-16(22)15(26-18(21)24)10-12-5-6-14(13(19)9-12)20-7-3-4-8-20/h5-6,9-11H,3-4,7-8H2,1-2H3/b15-10+/t11-/m1/s1. The predicted octanol–water partition coefficient (Wildman–Crippen LogP) is 3.02. The van der Waals surface area contributed by atoms with Crippen LogP contribution in [0.5, 0.6) is 0 Å².